The third-order valence-electron chi connectivity index (χ3n) is 3.04. The number of phenols is 1. The number of nitrogens with one attached hydrogen (secondary N) is 1. The third kappa shape index (κ3) is 2.85. The van der Waals surface area contributed by atoms with Crippen molar-refractivity contribution in [2.45, 2.75) is 10.6 Å². The van der Waals surface area contributed by atoms with E-state index in [4.69, 9.17) is 5.73 Å². The lowest BCUT2D eigenvalue weighted by atomic mass is 10.2. The Bertz CT molecular complexity index is 796. The van der Waals surface area contributed by atoms with Crippen molar-refractivity contribution >= 4 is 28.7 Å². The Balaban J connectivity index is 1.83. The van der Waals surface area contributed by atoms with Crippen LogP contribution in [0.1, 0.15) is 16.2 Å². The van der Waals surface area contributed by atoms with Gasteiger partial charge in [0.05, 0.1) is 16.8 Å². The molecule has 2 aromatic carbocycles. The van der Waals surface area contributed by atoms with E-state index in [0.29, 0.717) is 16.8 Å². The molecule has 106 valence electrons. The SMILES string of the molecule is NC(=O)c1cccc2[nH]c(CSc3ccc(O)cc3)nc12. The molecule has 0 atom stereocenters. The third-order valence-corrected chi connectivity index (χ3v) is 4.06. The number of aromatic nitrogens is 2. The first-order valence-electron chi connectivity index (χ1n) is 6.33. The molecule has 4 N–H and O–H groups in total. The second-order valence-electron chi connectivity index (χ2n) is 4.53. The Hall–Kier alpha value is -2.47. The number of H-pyrrole nitrogens is 1. The van der Waals surface area contributed by atoms with Crippen LogP contribution in [-0.4, -0.2) is 21.0 Å². The number of fused-ring (bicyclic) bond motifs is 1. The zero-order chi connectivity index (χ0) is 14.8. The molecule has 1 aromatic heterocycles. The van der Waals surface area contributed by atoms with E-state index in [9.17, 15) is 9.90 Å². The number of rotatable bonds is 4. The maximum atomic E-state index is 11.4. The minimum atomic E-state index is -0.482. The van der Waals surface area contributed by atoms with Gasteiger partial charge in [-0.25, -0.2) is 4.98 Å². The Morgan fingerprint density at radius 2 is 2.00 bits per heavy atom. The van der Waals surface area contributed by atoms with Crippen LogP contribution in [0.15, 0.2) is 47.4 Å². The number of benzene rings is 2. The van der Waals surface area contributed by atoms with Gasteiger partial charge in [0.2, 0.25) is 0 Å². The first-order chi connectivity index (χ1) is 10.1. The number of primary amides is 1. The van der Waals surface area contributed by atoms with Crippen LogP contribution in [0.3, 0.4) is 0 Å². The number of hydrogen-bond donors (Lipinski definition) is 3. The van der Waals surface area contributed by atoms with Gasteiger partial charge in [-0.1, -0.05) is 6.07 Å². The summed E-state index contributed by atoms with van der Waals surface area (Å²) < 4.78 is 0. The van der Waals surface area contributed by atoms with E-state index in [1.807, 2.05) is 18.2 Å². The molecule has 0 saturated carbocycles. The van der Waals surface area contributed by atoms with Crippen molar-refractivity contribution < 1.29 is 9.90 Å². The van der Waals surface area contributed by atoms with Crippen molar-refractivity contribution in [3.8, 4) is 5.75 Å². The number of nitrogens with two attached hydrogens (primary N) is 1. The number of carbonyl (C=O) groups excluding carboxylic acids is 1. The summed E-state index contributed by atoms with van der Waals surface area (Å²) in [5, 5.41) is 9.25. The number of amides is 1. The minimum absolute atomic E-state index is 0.245. The number of carbonyl (C=O) groups is 1. The average molecular weight is 299 g/mol. The van der Waals surface area contributed by atoms with Crippen LogP contribution in [0, 0.1) is 0 Å². The van der Waals surface area contributed by atoms with E-state index in [1.165, 1.54) is 0 Å². The zero-order valence-electron chi connectivity index (χ0n) is 11.0. The van der Waals surface area contributed by atoms with Crippen molar-refractivity contribution in [2.75, 3.05) is 0 Å². The van der Waals surface area contributed by atoms with E-state index in [2.05, 4.69) is 9.97 Å². The molecule has 0 aliphatic heterocycles. The normalized spacial score (nSPS) is 10.9. The van der Waals surface area contributed by atoms with Gasteiger partial charge in [0, 0.05) is 4.90 Å². The van der Waals surface area contributed by atoms with Crippen LogP contribution < -0.4 is 5.73 Å². The van der Waals surface area contributed by atoms with Gasteiger partial charge in [-0.15, -0.1) is 11.8 Å². The summed E-state index contributed by atoms with van der Waals surface area (Å²) in [5.74, 6) is 1.17. The van der Waals surface area contributed by atoms with Gasteiger partial charge in [-0.2, -0.15) is 0 Å². The fraction of sp³-hybridized carbons (Fsp3) is 0.0667. The molecule has 0 saturated heterocycles. The van der Waals surface area contributed by atoms with Gasteiger partial charge < -0.3 is 15.8 Å². The topological polar surface area (TPSA) is 92.0 Å². The Labute approximate surface area is 125 Å². The second kappa shape index (κ2) is 5.49. The van der Waals surface area contributed by atoms with Crippen molar-refractivity contribution in [2.24, 2.45) is 5.73 Å². The number of nitrogens with zero attached hydrogens (tertiary/aromatic N) is 1. The van der Waals surface area contributed by atoms with Crippen LogP contribution in [0.2, 0.25) is 0 Å². The summed E-state index contributed by atoms with van der Waals surface area (Å²) in [6, 6.07) is 12.3. The molecule has 0 aliphatic rings. The predicted molar refractivity (Wildman–Crippen MR) is 82.3 cm³/mol. The molecule has 3 rings (SSSR count). The number of thioether (sulfide) groups is 1. The quantitative estimate of drug-likeness (QED) is 0.646. The van der Waals surface area contributed by atoms with Gasteiger partial charge in [0.15, 0.2) is 0 Å². The predicted octanol–water partition coefficient (Wildman–Crippen LogP) is 2.66. The van der Waals surface area contributed by atoms with Gasteiger partial charge in [0.1, 0.15) is 17.1 Å². The molecule has 0 unspecified atom stereocenters. The van der Waals surface area contributed by atoms with Crippen LogP contribution in [0.5, 0.6) is 5.75 Å². The minimum Gasteiger partial charge on any atom is -0.508 e. The number of hydrogen-bond acceptors (Lipinski definition) is 4. The molecule has 1 amide bonds. The smallest absolute Gasteiger partial charge is 0.250 e. The fourth-order valence-corrected chi connectivity index (χ4v) is 2.81. The molecule has 21 heavy (non-hydrogen) atoms. The molecule has 0 bridgehead atoms. The average Bonchev–Trinajstić information content (AvgIpc) is 2.89. The Kier molecular flexibility index (Phi) is 3.53. The number of aromatic amines is 1. The summed E-state index contributed by atoms with van der Waals surface area (Å²) in [7, 11) is 0. The highest BCUT2D eigenvalue weighted by Crippen LogP contribution is 2.25. The maximum Gasteiger partial charge on any atom is 0.250 e. The molecule has 0 spiro atoms. The van der Waals surface area contributed by atoms with E-state index >= 15 is 0 Å². The lowest BCUT2D eigenvalue weighted by molar-refractivity contribution is 0.100. The van der Waals surface area contributed by atoms with E-state index in [1.54, 1.807) is 36.0 Å². The van der Waals surface area contributed by atoms with Crippen molar-refractivity contribution in [1.82, 2.24) is 9.97 Å². The van der Waals surface area contributed by atoms with Crippen molar-refractivity contribution in [1.29, 1.82) is 0 Å². The lowest BCUT2D eigenvalue weighted by Gasteiger charge is -1.99. The second-order valence-corrected chi connectivity index (χ2v) is 5.58. The highest BCUT2D eigenvalue weighted by molar-refractivity contribution is 7.98. The van der Waals surface area contributed by atoms with Crippen LogP contribution in [-0.2, 0) is 5.75 Å². The summed E-state index contributed by atoms with van der Waals surface area (Å²) in [4.78, 5) is 20.0. The highest BCUT2D eigenvalue weighted by Gasteiger charge is 2.11. The fourth-order valence-electron chi connectivity index (χ4n) is 2.04. The van der Waals surface area contributed by atoms with Crippen LogP contribution >= 0.6 is 11.8 Å². The Morgan fingerprint density at radius 3 is 2.71 bits per heavy atom. The molecule has 6 heteroatoms. The molecule has 0 aliphatic carbocycles. The molecule has 5 nitrogen and oxygen atoms in total. The number of imidazole rings is 1. The summed E-state index contributed by atoms with van der Waals surface area (Å²) in [6.45, 7) is 0. The standard InChI is InChI=1S/C15H13N3O2S/c16-15(20)11-2-1-3-12-14(11)18-13(17-12)8-21-10-6-4-9(19)5-7-10/h1-7,19H,8H2,(H2,16,20)(H,17,18). The van der Waals surface area contributed by atoms with E-state index in [0.717, 1.165) is 16.2 Å². The van der Waals surface area contributed by atoms with Gasteiger partial charge in [-0.3, -0.25) is 4.79 Å². The molecule has 3 aromatic rings. The van der Waals surface area contributed by atoms with E-state index < -0.39 is 5.91 Å². The lowest BCUT2D eigenvalue weighted by Crippen LogP contribution is -2.11. The number of para-hydroxylation sites is 1. The Morgan fingerprint density at radius 1 is 1.24 bits per heavy atom. The number of aromatic hydroxyl groups is 1. The zero-order valence-corrected chi connectivity index (χ0v) is 11.9. The maximum absolute atomic E-state index is 11.4. The molecule has 0 fully saturated rings. The first kappa shape index (κ1) is 13.5. The molecular formula is C15H13N3O2S. The van der Waals surface area contributed by atoms with Crippen LogP contribution in [0.25, 0.3) is 11.0 Å². The van der Waals surface area contributed by atoms with Gasteiger partial charge in [-0.05, 0) is 36.4 Å². The summed E-state index contributed by atoms with van der Waals surface area (Å²) >= 11 is 1.59. The molecular weight excluding hydrogens is 286 g/mol. The summed E-state index contributed by atoms with van der Waals surface area (Å²) in [6.07, 6.45) is 0. The largest absolute Gasteiger partial charge is 0.508 e. The van der Waals surface area contributed by atoms with Gasteiger partial charge >= 0.3 is 0 Å². The van der Waals surface area contributed by atoms with Crippen molar-refractivity contribution in [3.05, 3.63) is 53.9 Å². The molecule has 1 heterocycles. The highest BCUT2D eigenvalue weighted by atomic mass is 32.2. The molecule has 0 radical (unpaired) electrons. The summed E-state index contributed by atoms with van der Waals surface area (Å²) in [5.41, 5.74) is 7.17. The number of phenolic OH excluding ortho intramolecular Hbond substituents is 1. The van der Waals surface area contributed by atoms with Crippen LogP contribution in [0.4, 0.5) is 0 Å². The van der Waals surface area contributed by atoms with Gasteiger partial charge in [0.25, 0.3) is 5.91 Å². The first-order valence-corrected chi connectivity index (χ1v) is 7.31. The van der Waals surface area contributed by atoms with Crippen molar-refractivity contribution in [3.63, 3.8) is 0 Å². The van der Waals surface area contributed by atoms with E-state index in [-0.39, 0.29) is 5.75 Å². The monoisotopic (exact) mass is 299 g/mol.